The number of aliphatic carboxylic acids is 1. The number of carboxylic acids is 1. The van der Waals surface area contributed by atoms with Crippen LogP contribution in [0.25, 0.3) is 0 Å². The maximum absolute atomic E-state index is 12.4. The molecule has 0 aromatic carbocycles. The van der Waals surface area contributed by atoms with Gasteiger partial charge < -0.3 is 20.6 Å². The number of carboxylic acid groups (broad SMARTS) is 1. The fourth-order valence-electron chi connectivity index (χ4n) is 4.01. The summed E-state index contributed by atoms with van der Waals surface area (Å²) in [5.74, 6) is 0.0238. The molecular formula is C25H34N8O3. The van der Waals surface area contributed by atoms with Crippen LogP contribution in [0.3, 0.4) is 0 Å². The van der Waals surface area contributed by atoms with E-state index in [4.69, 9.17) is 4.98 Å². The van der Waals surface area contributed by atoms with Crippen LogP contribution in [0, 0.1) is 11.3 Å². The summed E-state index contributed by atoms with van der Waals surface area (Å²) in [5.41, 5.74) is 2.35. The van der Waals surface area contributed by atoms with Crippen molar-refractivity contribution in [1.82, 2.24) is 24.8 Å². The van der Waals surface area contributed by atoms with Gasteiger partial charge in [0, 0.05) is 45.3 Å². The maximum atomic E-state index is 12.4. The second-order valence-electron chi connectivity index (χ2n) is 9.05. The molecule has 2 aromatic heterocycles. The van der Waals surface area contributed by atoms with Gasteiger partial charge in [-0.3, -0.25) is 9.69 Å². The number of nitrogens with one attached hydrogen (secondary N) is 2. The van der Waals surface area contributed by atoms with E-state index in [0.29, 0.717) is 13.1 Å². The molecule has 3 rings (SSSR count). The zero-order valence-electron chi connectivity index (χ0n) is 20.9. The number of carbonyl (C=O) groups excluding carboxylic acids is 1. The second-order valence-corrected chi connectivity index (χ2v) is 9.05. The van der Waals surface area contributed by atoms with E-state index < -0.39 is 12.0 Å². The number of rotatable bonds is 13. The number of carbonyl (C=O) groups is 2. The standard InChI is InChI=1S/C25H34N8O3/c1-32(2)22(34)17-33(14-4-3-7-19-9-8-18-6-5-11-28-23(18)30-19)15-10-20(25(35)36)31-24-21(16-26)27-12-13-29-24/h8-9,12-13,20H,3-7,10-11,14-15,17H2,1-2H3,(H,28,30)(H,29,31)(H,35,36). The Morgan fingerprint density at radius 3 is 2.78 bits per heavy atom. The Balaban J connectivity index is 1.55. The van der Waals surface area contributed by atoms with Crippen LogP contribution in [0.4, 0.5) is 11.6 Å². The number of amides is 1. The average molecular weight is 495 g/mol. The molecule has 3 N–H and O–H groups in total. The highest BCUT2D eigenvalue weighted by atomic mass is 16.4. The minimum absolute atomic E-state index is 0.0365. The van der Waals surface area contributed by atoms with Crippen LogP contribution in [0.1, 0.15) is 42.6 Å². The smallest absolute Gasteiger partial charge is 0.326 e. The van der Waals surface area contributed by atoms with Crippen molar-refractivity contribution in [3.05, 3.63) is 41.5 Å². The molecule has 0 radical (unpaired) electrons. The largest absolute Gasteiger partial charge is 0.480 e. The molecule has 0 spiro atoms. The highest BCUT2D eigenvalue weighted by molar-refractivity contribution is 5.78. The topological polar surface area (TPSA) is 147 Å². The first kappa shape index (κ1) is 26.8. The zero-order chi connectivity index (χ0) is 25.9. The number of nitrogens with zero attached hydrogens (tertiary/aromatic N) is 6. The van der Waals surface area contributed by atoms with E-state index in [0.717, 1.165) is 50.2 Å². The van der Waals surface area contributed by atoms with Gasteiger partial charge in [0.05, 0.1) is 6.54 Å². The molecule has 192 valence electrons. The quantitative estimate of drug-likeness (QED) is 0.352. The molecule has 1 aliphatic heterocycles. The van der Waals surface area contributed by atoms with Gasteiger partial charge in [-0.1, -0.05) is 6.07 Å². The van der Waals surface area contributed by atoms with Crippen molar-refractivity contribution in [2.75, 3.05) is 50.9 Å². The third-order valence-electron chi connectivity index (χ3n) is 6.11. The van der Waals surface area contributed by atoms with Gasteiger partial charge in [-0.15, -0.1) is 0 Å². The van der Waals surface area contributed by atoms with Crippen LogP contribution < -0.4 is 10.6 Å². The van der Waals surface area contributed by atoms with E-state index >= 15 is 0 Å². The van der Waals surface area contributed by atoms with Gasteiger partial charge in [0.15, 0.2) is 11.5 Å². The van der Waals surface area contributed by atoms with Crippen molar-refractivity contribution in [2.45, 2.75) is 44.6 Å². The molecular weight excluding hydrogens is 460 g/mol. The summed E-state index contributed by atoms with van der Waals surface area (Å²) >= 11 is 0. The fraction of sp³-hybridized carbons (Fsp3) is 0.520. The van der Waals surface area contributed by atoms with Gasteiger partial charge in [-0.25, -0.2) is 19.7 Å². The number of fused-ring (bicyclic) bond motifs is 1. The average Bonchev–Trinajstić information content (AvgIpc) is 2.88. The number of hydrogen-bond acceptors (Lipinski definition) is 9. The number of aryl methyl sites for hydroxylation is 2. The lowest BCUT2D eigenvalue weighted by molar-refractivity contribution is -0.138. The molecule has 0 fully saturated rings. The van der Waals surface area contributed by atoms with Gasteiger partial charge in [-0.05, 0) is 56.7 Å². The lowest BCUT2D eigenvalue weighted by atomic mass is 10.1. The van der Waals surface area contributed by atoms with E-state index in [1.165, 1.54) is 22.9 Å². The Bertz CT molecular complexity index is 1090. The summed E-state index contributed by atoms with van der Waals surface area (Å²) in [6, 6.07) is 5.18. The molecule has 1 amide bonds. The number of anilines is 2. The third kappa shape index (κ3) is 7.88. The van der Waals surface area contributed by atoms with Crippen LogP contribution in [-0.4, -0.2) is 88.1 Å². The molecule has 36 heavy (non-hydrogen) atoms. The highest BCUT2D eigenvalue weighted by Crippen LogP contribution is 2.20. The summed E-state index contributed by atoms with van der Waals surface area (Å²) in [6.07, 6.45) is 7.80. The second kappa shape index (κ2) is 13.3. The van der Waals surface area contributed by atoms with Crippen LogP contribution in [-0.2, 0) is 22.4 Å². The van der Waals surface area contributed by atoms with Gasteiger partial charge >= 0.3 is 5.97 Å². The van der Waals surface area contributed by atoms with Gasteiger partial charge in [-0.2, -0.15) is 5.26 Å². The highest BCUT2D eigenvalue weighted by Gasteiger charge is 2.22. The number of pyridine rings is 1. The van der Waals surface area contributed by atoms with Crippen molar-refractivity contribution in [2.24, 2.45) is 0 Å². The minimum Gasteiger partial charge on any atom is -0.480 e. The molecule has 2 aromatic rings. The third-order valence-corrected chi connectivity index (χ3v) is 6.11. The zero-order valence-corrected chi connectivity index (χ0v) is 20.9. The first-order valence-electron chi connectivity index (χ1n) is 12.2. The molecule has 0 bridgehead atoms. The van der Waals surface area contributed by atoms with Crippen molar-refractivity contribution in [3.8, 4) is 6.07 Å². The first-order valence-corrected chi connectivity index (χ1v) is 12.2. The first-order chi connectivity index (χ1) is 17.4. The van der Waals surface area contributed by atoms with E-state index in [1.807, 2.05) is 11.0 Å². The molecule has 1 atom stereocenters. The van der Waals surface area contributed by atoms with E-state index in [-0.39, 0.29) is 30.4 Å². The number of likely N-dealkylation sites (N-methyl/N-ethyl adjacent to an activating group) is 1. The summed E-state index contributed by atoms with van der Waals surface area (Å²) in [4.78, 5) is 40.4. The normalized spacial score (nSPS) is 13.3. The Kier molecular flexibility index (Phi) is 9.94. The summed E-state index contributed by atoms with van der Waals surface area (Å²) < 4.78 is 0. The van der Waals surface area contributed by atoms with E-state index in [1.54, 1.807) is 14.1 Å². The number of nitriles is 1. The Labute approximate surface area is 211 Å². The summed E-state index contributed by atoms with van der Waals surface area (Å²) in [6.45, 7) is 2.21. The van der Waals surface area contributed by atoms with Gasteiger partial charge in [0.2, 0.25) is 5.91 Å². The lowest BCUT2D eigenvalue weighted by Gasteiger charge is -2.25. The maximum Gasteiger partial charge on any atom is 0.326 e. The Morgan fingerprint density at radius 1 is 1.22 bits per heavy atom. The molecule has 0 saturated carbocycles. The van der Waals surface area contributed by atoms with Crippen LogP contribution >= 0.6 is 0 Å². The molecule has 0 aliphatic carbocycles. The lowest BCUT2D eigenvalue weighted by Crippen LogP contribution is -2.40. The summed E-state index contributed by atoms with van der Waals surface area (Å²) in [7, 11) is 3.41. The molecule has 1 unspecified atom stereocenters. The number of aromatic nitrogens is 3. The SMILES string of the molecule is CN(C)C(=O)CN(CCCCc1ccc2c(n1)NCCC2)CCC(Nc1nccnc1C#N)C(=O)O. The number of unbranched alkanes of at least 4 members (excludes halogenated alkanes) is 1. The van der Waals surface area contributed by atoms with Crippen LogP contribution in [0.2, 0.25) is 0 Å². The predicted octanol–water partition coefficient (Wildman–Crippen LogP) is 1.77. The molecule has 0 saturated heterocycles. The molecule has 11 heteroatoms. The van der Waals surface area contributed by atoms with Gasteiger partial charge in [0.1, 0.15) is 17.9 Å². The predicted molar refractivity (Wildman–Crippen MR) is 136 cm³/mol. The molecule has 3 heterocycles. The molecule has 1 aliphatic rings. The van der Waals surface area contributed by atoms with Crippen molar-refractivity contribution in [3.63, 3.8) is 0 Å². The van der Waals surface area contributed by atoms with E-state index in [9.17, 15) is 20.0 Å². The van der Waals surface area contributed by atoms with Crippen molar-refractivity contribution in [1.29, 1.82) is 5.26 Å². The van der Waals surface area contributed by atoms with Crippen LogP contribution in [0.15, 0.2) is 24.5 Å². The Morgan fingerprint density at radius 2 is 2.03 bits per heavy atom. The van der Waals surface area contributed by atoms with Crippen molar-refractivity contribution < 1.29 is 14.7 Å². The fourth-order valence-corrected chi connectivity index (χ4v) is 4.01. The van der Waals surface area contributed by atoms with E-state index in [2.05, 4.69) is 32.7 Å². The molecule has 11 nitrogen and oxygen atoms in total. The number of hydrogen-bond donors (Lipinski definition) is 3. The minimum atomic E-state index is -1.06. The van der Waals surface area contributed by atoms with Crippen LogP contribution in [0.5, 0.6) is 0 Å². The monoisotopic (exact) mass is 494 g/mol. The summed E-state index contributed by atoms with van der Waals surface area (Å²) in [5, 5.41) is 25.1. The van der Waals surface area contributed by atoms with Crippen molar-refractivity contribution >= 4 is 23.5 Å². The van der Waals surface area contributed by atoms with Gasteiger partial charge in [0.25, 0.3) is 0 Å². The Hall–Kier alpha value is -3.78.